The lowest BCUT2D eigenvalue weighted by atomic mass is 10.4. The summed E-state index contributed by atoms with van der Waals surface area (Å²) in [5, 5.41) is 4.81. The molecule has 88 valence electrons. The Morgan fingerprint density at radius 2 is 2.35 bits per heavy atom. The van der Waals surface area contributed by atoms with Gasteiger partial charge in [0.05, 0.1) is 19.0 Å². The van der Waals surface area contributed by atoms with E-state index >= 15 is 0 Å². The molecule has 0 aliphatic rings. The summed E-state index contributed by atoms with van der Waals surface area (Å²) in [6, 6.07) is 1.89. The standard InChI is InChI=1S/C11H11N3O2S/c1-14-8(5-6-13-14)3-4-10-12-7-9(17-10)11(15)16-2/h3-7H,1-2H3. The lowest BCUT2D eigenvalue weighted by Gasteiger charge is -1.92. The van der Waals surface area contributed by atoms with E-state index < -0.39 is 0 Å². The molecule has 2 aromatic rings. The van der Waals surface area contributed by atoms with Gasteiger partial charge in [-0.1, -0.05) is 0 Å². The maximum atomic E-state index is 11.2. The molecule has 0 unspecified atom stereocenters. The largest absolute Gasteiger partial charge is 0.465 e. The van der Waals surface area contributed by atoms with Crippen LogP contribution >= 0.6 is 11.3 Å². The Labute approximate surface area is 102 Å². The summed E-state index contributed by atoms with van der Waals surface area (Å²) in [5.41, 5.74) is 0.972. The predicted octanol–water partition coefficient (Wildman–Crippen LogP) is 1.83. The average Bonchev–Trinajstić information content (AvgIpc) is 2.94. The van der Waals surface area contributed by atoms with E-state index in [1.807, 2.05) is 25.3 Å². The van der Waals surface area contributed by atoms with Crippen molar-refractivity contribution in [1.82, 2.24) is 14.8 Å². The second-order valence-electron chi connectivity index (χ2n) is 3.27. The molecule has 2 aromatic heterocycles. The van der Waals surface area contributed by atoms with E-state index in [0.29, 0.717) is 4.88 Å². The highest BCUT2D eigenvalue weighted by molar-refractivity contribution is 7.14. The van der Waals surface area contributed by atoms with Crippen LogP contribution in [0.1, 0.15) is 20.4 Å². The van der Waals surface area contributed by atoms with Gasteiger partial charge in [-0.25, -0.2) is 9.78 Å². The van der Waals surface area contributed by atoms with Crippen molar-refractivity contribution in [3.05, 3.63) is 34.0 Å². The van der Waals surface area contributed by atoms with Crippen molar-refractivity contribution < 1.29 is 9.53 Å². The Kier molecular flexibility index (Phi) is 3.34. The number of aromatic nitrogens is 3. The molecule has 0 saturated carbocycles. The van der Waals surface area contributed by atoms with E-state index in [9.17, 15) is 4.79 Å². The fourth-order valence-corrected chi connectivity index (χ4v) is 2.00. The first kappa shape index (κ1) is 11.5. The number of ether oxygens (including phenoxy) is 1. The fourth-order valence-electron chi connectivity index (χ4n) is 1.26. The van der Waals surface area contributed by atoms with Crippen LogP contribution in [0.3, 0.4) is 0 Å². The molecule has 0 aliphatic carbocycles. The third kappa shape index (κ3) is 2.59. The van der Waals surface area contributed by atoms with Gasteiger partial charge >= 0.3 is 5.97 Å². The van der Waals surface area contributed by atoms with Crippen molar-refractivity contribution in [3.8, 4) is 0 Å². The van der Waals surface area contributed by atoms with Crippen molar-refractivity contribution in [2.24, 2.45) is 7.05 Å². The first-order chi connectivity index (χ1) is 8.20. The zero-order chi connectivity index (χ0) is 12.3. The van der Waals surface area contributed by atoms with E-state index in [1.54, 1.807) is 10.9 Å². The molecular formula is C11H11N3O2S. The molecule has 6 heteroatoms. The van der Waals surface area contributed by atoms with Gasteiger partial charge in [-0.2, -0.15) is 5.10 Å². The first-order valence-electron chi connectivity index (χ1n) is 4.91. The molecule has 0 amide bonds. The lowest BCUT2D eigenvalue weighted by molar-refractivity contribution is 0.0606. The number of methoxy groups -OCH3 is 1. The highest BCUT2D eigenvalue weighted by Crippen LogP contribution is 2.16. The van der Waals surface area contributed by atoms with Crippen LogP contribution in [-0.4, -0.2) is 27.8 Å². The highest BCUT2D eigenvalue weighted by Gasteiger charge is 2.08. The van der Waals surface area contributed by atoms with Crippen LogP contribution in [0.4, 0.5) is 0 Å². The normalized spacial score (nSPS) is 10.9. The summed E-state index contributed by atoms with van der Waals surface area (Å²) in [7, 11) is 3.22. The van der Waals surface area contributed by atoms with Gasteiger partial charge in [-0.05, 0) is 18.2 Å². The highest BCUT2D eigenvalue weighted by atomic mass is 32.1. The van der Waals surface area contributed by atoms with Crippen LogP contribution in [0.2, 0.25) is 0 Å². The zero-order valence-corrected chi connectivity index (χ0v) is 10.3. The van der Waals surface area contributed by atoms with E-state index in [-0.39, 0.29) is 5.97 Å². The van der Waals surface area contributed by atoms with Gasteiger partial charge in [0.2, 0.25) is 0 Å². The van der Waals surface area contributed by atoms with E-state index in [2.05, 4.69) is 14.8 Å². The van der Waals surface area contributed by atoms with Gasteiger partial charge in [-0.15, -0.1) is 11.3 Å². The van der Waals surface area contributed by atoms with E-state index in [4.69, 9.17) is 0 Å². The number of esters is 1. The van der Waals surface area contributed by atoms with E-state index in [1.165, 1.54) is 24.6 Å². The molecule has 0 fully saturated rings. The third-order valence-electron chi connectivity index (χ3n) is 2.17. The van der Waals surface area contributed by atoms with Gasteiger partial charge in [0, 0.05) is 13.2 Å². The van der Waals surface area contributed by atoms with Gasteiger partial charge in [-0.3, -0.25) is 4.68 Å². The van der Waals surface area contributed by atoms with Gasteiger partial charge < -0.3 is 4.74 Å². The Morgan fingerprint density at radius 3 is 3.00 bits per heavy atom. The number of carbonyl (C=O) groups is 1. The van der Waals surface area contributed by atoms with Crippen molar-refractivity contribution >= 4 is 29.5 Å². The molecule has 17 heavy (non-hydrogen) atoms. The smallest absolute Gasteiger partial charge is 0.349 e. The van der Waals surface area contributed by atoms with Crippen LogP contribution in [-0.2, 0) is 11.8 Å². The minimum Gasteiger partial charge on any atom is -0.465 e. The Morgan fingerprint density at radius 1 is 1.53 bits per heavy atom. The van der Waals surface area contributed by atoms with Crippen molar-refractivity contribution in [3.63, 3.8) is 0 Å². The summed E-state index contributed by atoms with van der Waals surface area (Å²) < 4.78 is 6.37. The molecule has 0 spiro atoms. The molecule has 5 nitrogen and oxygen atoms in total. The molecule has 0 radical (unpaired) electrons. The third-order valence-corrected chi connectivity index (χ3v) is 3.11. The van der Waals surface area contributed by atoms with Crippen LogP contribution < -0.4 is 0 Å². The van der Waals surface area contributed by atoms with Gasteiger partial charge in [0.25, 0.3) is 0 Å². The molecule has 0 aliphatic heterocycles. The predicted molar refractivity (Wildman–Crippen MR) is 65.6 cm³/mol. The van der Waals surface area contributed by atoms with Crippen LogP contribution in [0.15, 0.2) is 18.5 Å². The molecule has 0 aromatic carbocycles. The first-order valence-corrected chi connectivity index (χ1v) is 5.72. The number of aryl methyl sites for hydroxylation is 1. The summed E-state index contributed by atoms with van der Waals surface area (Å²) in [6.45, 7) is 0. The molecule has 0 N–H and O–H groups in total. The average molecular weight is 249 g/mol. The van der Waals surface area contributed by atoms with Gasteiger partial charge in [0.1, 0.15) is 9.88 Å². The summed E-state index contributed by atoms with van der Waals surface area (Å²) in [5.74, 6) is -0.359. The summed E-state index contributed by atoms with van der Waals surface area (Å²) in [6.07, 6.45) is 6.97. The van der Waals surface area contributed by atoms with Crippen molar-refractivity contribution in [2.75, 3.05) is 7.11 Å². The fraction of sp³-hybridized carbons (Fsp3) is 0.182. The van der Waals surface area contributed by atoms with Gasteiger partial charge in [0.15, 0.2) is 0 Å². The maximum absolute atomic E-state index is 11.2. The van der Waals surface area contributed by atoms with Crippen LogP contribution in [0, 0.1) is 0 Å². The van der Waals surface area contributed by atoms with Crippen LogP contribution in [0.25, 0.3) is 12.2 Å². The maximum Gasteiger partial charge on any atom is 0.349 e. The SMILES string of the molecule is COC(=O)c1cnc(C=Cc2ccnn2C)s1. The minimum atomic E-state index is -0.359. The number of thiazole rings is 1. The second kappa shape index (κ2) is 4.92. The lowest BCUT2D eigenvalue weighted by Crippen LogP contribution is -1.96. The monoisotopic (exact) mass is 249 g/mol. The molecular weight excluding hydrogens is 238 g/mol. The second-order valence-corrected chi connectivity index (χ2v) is 4.33. The van der Waals surface area contributed by atoms with Crippen molar-refractivity contribution in [2.45, 2.75) is 0 Å². The molecule has 0 saturated heterocycles. The number of rotatable bonds is 3. The van der Waals surface area contributed by atoms with Crippen LogP contribution in [0.5, 0.6) is 0 Å². The topological polar surface area (TPSA) is 57.0 Å². The Balaban J connectivity index is 2.14. The number of hydrogen-bond acceptors (Lipinski definition) is 5. The molecule has 0 atom stereocenters. The number of hydrogen-bond donors (Lipinski definition) is 0. The summed E-state index contributed by atoms with van der Waals surface area (Å²) >= 11 is 1.29. The minimum absolute atomic E-state index is 0.359. The quantitative estimate of drug-likeness (QED) is 0.779. The number of carbonyl (C=O) groups excluding carboxylic acids is 1. The van der Waals surface area contributed by atoms with E-state index in [0.717, 1.165) is 10.7 Å². The molecule has 2 rings (SSSR count). The Hall–Kier alpha value is -1.95. The zero-order valence-electron chi connectivity index (χ0n) is 9.45. The summed E-state index contributed by atoms with van der Waals surface area (Å²) in [4.78, 5) is 15.8. The molecule has 0 bridgehead atoms. The molecule has 2 heterocycles. The Bertz CT molecular complexity index is 557. The van der Waals surface area contributed by atoms with Crippen molar-refractivity contribution in [1.29, 1.82) is 0 Å². The number of nitrogens with zero attached hydrogens (tertiary/aromatic N) is 3.